The van der Waals surface area contributed by atoms with Gasteiger partial charge in [-0.1, -0.05) is 0 Å². The molecular weight excluding hydrogens is 280 g/mol. The third-order valence-electron chi connectivity index (χ3n) is 3.37. The van der Waals surface area contributed by atoms with Crippen LogP contribution in [0.1, 0.15) is 36.4 Å². The fourth-order valence-electron chi connectivity index (χ4n) is 2.36. The largest absolute Gasteiger partial charge is 0.378 e. The Morgan fingerprint density at radius 1 is 1.55 bits per heavy atom. The van der Waals surface area contributed by atoms with Crippen LogP contribution in [0.2, 0.25) is 0 Å². The Balaban J connectivity index is 2.16. The second kappa shape index (κ2) is 6.32. The Bertz CT molecular complexity index is 506. The van der Waals surface area contributed by atoms with E-state index in [4.69, 9.17) is 4.74 Å². The molecule has 2 rings (SSSR count). The van der Waals surface area contributed by atoms with E-state index in [1.54, 1.807) is 0 Å². The zero-order valence-corrected chi connectivity index (χ0v) is 12.4. The average molecular weight is 298 g/mol. The van der Waals surface area contributed by atoms with Crippen molar-refractivity contribution in [3.05, 3.63) is 21.1 Å². The van der Waals surface area contributed by atoms with Crippen LogP contribution >= 0.6 is 11.3 Å². The maximum atomic E-state index is 11.4. The van der Waals surface area contributed by atoms with Crippen molar-refractivity contribution in [2.45, 2.75) is 32.8 Å². The minimum absolute atomic E-state index is 0.0371. The minimum atomic E-state index is -0.410. The van der Waals surface area contributed by atoms with E-state index >= 15 is 0 Å². The van der Waals surface area contributed by atoms with Gasteiger partial charge in [0.2, 0.25) is 0 Å². The SMILES string of the molecule is CCOC1CCN(c2sc(C(C)=O)cc2[N+](=O)[O-])CC1. The molecule has 0 aliphatic carbocycles. The monoisotopic (exact) mass is 298 g/mol. The third kappa shape index (κ3) is 3.16. The summed E-state index contributed by atoms with van der Waals surface area (Å²) >= 11 is 1.21. The summed E-state index contributed by atoms with van der Waals surface area (Å²) in [6.07, 6.45) is 1.96. The maximum absolute atomic E-state index is 11.4. The molecule has 0 amide bonds. The Morgan fingerprint density at radius 3 is 2.70 bits per heavy atom. The summed E-state index contributed by atoms with van der Waals surface area (Å²) in [5.74, 6) is -0.131. The molecule has 0 aromatic carbocycles. The number of nitro groups is 1. The Labute approximate surface area is 121 Å². The van der Waals surface area contributed by atoms with Crippen molar-refractivity contribution in [1.29, 1.82) is 0 Å². The molecule has 1 fully saturated rings. The number of hydrogen-bond donors (Lipinski definition) is 0. The molecule has 0 bridgehead atoms. The molecule has 0 N–H and O–H groups in total. The molecule has 1 aliphatic rings. The summed E-state index contributed by atoms with van der Waals surface area (Å²) in [6, 6.07) is 1.39. The first-order chi connectivity index (χ1) is 9.52. The number of thiophene rings is 1. The molecule has 0 saturated carbocycles. The first-order valence-corrected chi connectivity index (χ1v) is 7.50. The number of piperidine rings is 1. The molecule has 0 atom stereocenters. The van der Waals surface area contributed by atoms with Gasteiger partial charge in [0.15, 0.2) is 10.8 Å². The number of anilines is 1. The van der Waals surface area contributed by atoms with Crippen LogP contribution in [0, 0.1) is 10.1 Å². The highest BCUT2D eigenvalue weighted by atomic mass is 32.1. The lowest BCUT2D eigenvalue weighted by atomic mass is 10.1. The van der Waals surface area contributed by atoms with Gasteiger partial charge < -0.3 is 9.64 Å². The number of ether oxygens (including phenoxy) is 1. The molecule has 0 unspecified atom stereocenters. The molecule has 1 aromatic rings. The fourth-order valence-corrected chi connectivity index (χ4v) is 3.44. The minimum Gasteiger partial charge on any atom is -0.378 e. The smallest absolute Gasteiger partial charge is 0.304 e. The lowest BCUT2D eigenvalue weighted by Gasteiger charge is -2.31. The zero-order chi connectivity index (χ0) is 14.7. The van der Waals surface area contributed by atoms with Gasteiger partial charge in [0.1, 0.15) is 0 Å². The van der Waals surface area contributed by atoms with Gasteiger partial charge in [0, 0.05) is 25.8 Å². The topological polar surface area (TPSA) is 72.7 Å². The molecule has 7 heteroatoms. The molecule has 2 heterocycles. The second-order valence-electron chi connectivity index (χ2n) is 4.76. The molecule has 1 aliphatic heterocycles. The van der Waals surface area contributed by atoms with Crippen LogP contribution in [0.4, 0.5) is 10.7 Å². The average Bonchev–Trinajstić information content (AvgIpc) is 2.85. The summed E-state index contributed by atoms with van der Waals surface area (Å²) in [6.45, 7) is 5.54. The fraction of sp³-hybridized carbons (Fsp3) is 0.615. The number of rotatable bonds is 5. The number of hydrogen-bond acceptors (Lipinski definition) is 6. The van der Waals surface area contributed by atoms with E-state index in [-0.39, 0.29) is 17.6 Å². The van der Waals surface area contributed by atoms with Gasteiger partial charge in [0.25, 0.3) is 0 Å². The highest BCUT2D eigenvalue weighted by Crippen LogP contribution is 2.39. The Hall–Kier alpha value is -1.47. The van der Waals surface area contributed by atoms with Crippen LogP contribution in [0.3, 0.4) is 0 Å². The van der Waals surface area contributed by atoms with Crippen molar-refractivity contribution in [2.24, 2.45) is 0 Å². The van der Waals surface area contributed by atoms with E-state index in [1.807, 2.05) is 11.8 Å². The van der Waals surface area contributed by atoms with Gasteiger partial charge in [-0.05, 0) is 26.7 Å². The van der Waals surface area contributed by atoms with E-state index in [0.29, 0.717) is 16.5 Å². The van der Waals surface area contributed by atoms with Crippen LogP contribution in [0.25, 0.3) is 0 Å². The number of carbonyl (C=O) groups is 1. The van der Waals surface area contributed by atoms with Crippen LogP contribution in [-0.2, 0) is 4.74 Å². The lowest BCUT2D eigenvalue weighted by Crippen LogP contribution is -2.36. The van der Waals surface area contributed by atoms with Crippen molar-refractivity contribution >= 4 is 27.8 Å². The standard InChI is InChI=1S/C13H18N2O4S/c1-3-19-10-4-6-14(7-5-10)13-11(15(17)18)8-12(20-13)9(2)16/h8,10H,3-7H2,1-2H3. The number of ketones is 1. The van der Waals surface area contributed by atoms with E-state index in [1.165, 1.54) is 24.3 Å². The summed E-state index contributed by atoms with van der Waals surface area (Å²) in [4.78, 5) is 24.5. The third-order valence-corrected chi connectivity index (χ3v) is 4.65. The van der Waals surface area contributed by atoms with Crippen LogP contribution in [0.5, 0.6) is 0 Å². The molecule has 0 radical (unpaired) electrons. The summed E-state index contributed by atoms with van der Waals surface area (Å²) in [5, 5.41) is 11.7. The van der Waals surface area contributed by atoms with Gasteiger partial charge in [-0.25, -0.2) is 0 Å². The van der Waals surface area contributed by atoms with Crippen molar-refractivity contribution in [1.82, 2.24) is 0 Å². The van der Waals surface area contributed by atoms with E-state index in [9.17, 15) is 14.9 Å². The van der Waals surface area contributed by atoms with Gasteiger partial charge >= 0.3 is 5.69 Å². The van der Waals surface area contributed by atoms with Crippen molar-refractivity contribution in [3.63, 3.8) is 0 Å². The van der Waals surface area contributed by atoms with Gasteiger partial charge in [0.05, 0.1) is 15.9 Å². The molecule has 1 saturated heterocycles. The highest BCUT2D eigenvalue weighted by molar-refractivity contribution is 7.18. The van der Waals surface area contributed by atoms with Crippen LogP contribution < -0.4 is 4.90 Å². The van der Waals surface area contributed by atoms with Crippen LogP contribution in [-0.4, -0.2) is 36.5 Å². The molecule has 1 aromatic heterocycles. The van der Waals surface area contributed by atoms with Crippen molar-refractivity contribution in [3.8, 4) is 0 Å². The second-order valence-corrected chi connectivity index (χ2v) is 5.79. The maximum Gasteiger partial charge on any atom is 0.304 e. The van der Waals surface area contributed by atoms with Gasteiger partial charge in [-0.3, -0.25) is 14.9 Å². The summed E-state index contributed by atoms with van der Waals surface area (Å²) in [5.41, 5.74) is 0.0371. The van der Waals surface area contributed by atoms with E-state index in [0.717, 1.165) is 25.9 Å². The number of nitrogens with zero attached hydrogens (tertiary/aromatic N) is 2. The first-order valence-electron chi connectivity index (χ1n) is 6.68. The summed E-state index contributed by atoms with van der Waals surface area (Å²) < 4.78 is 5.58. The predicted molar refractivity (Wildman–Crippen MR) is 77.8 cm³/mol. The zero-order valence-electron chi connectivity index (χ0n) is 11.6. The molecule has 20 heavy (non-hydrogen) atoms. The Kier molecular flexibility index (Phi) is 4.72. The number of Topliss-reactive ketones (excluding diaryl/α,β-unsaturated/α-hetero) is 1. The molecular formula is C13H18N2O4S. The van der Waals surface area contributed by atoms with Crippen LogP contribution in [0.15, 0.2) is 6.07 Å². The van der Waals surface area contributed by atoms with E-state index in [2.05, 4.69) is 0 Å². The quantitative estimate of drug-likeness (QED) is 0.475. The lowest BCUT2D eigenvalue weighted by molar-refractivity contribution is -0.383. The van der Waals surface area contributed by atoms with E-state index < -0.39 is 4.92 Å². The molecule has 110 valence electrons. The predicted octanol–water partition coefficient (Wildman–Crippen LogP) is 2.86. The summed E-state index contributed by atoms with van der Waals surface area (Å²) in [7, 11) is 0. The normalized spacial score (nSPS) is 16.4. The first kappa shape index (κ1) is 14.9. The van der Waals surface area contributed by atoms with Gasteiger partial charge in [-0.2, -0.15) is 0 Å². The molecule has 0 spiro atoms. The molecule has 6 nitrogen and oxygen atoms in total. The van der Waals surface area contributed by atoms with Crippen molar-refractivity contribution < 1.29 is 14.5 Å². The Morgan fingerprint density at radius 2 is 2.20 bits per heavy atom. The van der Waals surface area contributed by atoms with Crippen molar-refractivity contribution in [2.75, 3.05) is 24.6 Å². The van der Waals surface area contributed by atoms with Gasteiger partial charge in [-0.15, -0.1) is 11.3 Å². The number of carbonyl (C=O) groups excluding carboxylic acids is 1. The highest BCUT2D eigenvalue weighted by Gasteiger charge is 2.28.